The molecule has 0 radical (unpaired) electrons. The van der Waals surface area contributed by atoms with E-state index in [1.807, 2.05) is 17.0 Å². The summed E-state index contributed by atoms with van der Waals surface area (Å²) in [4.78, 5) is 14.8. The number of amides is 1. The summed E-state index contributed by atoms with van der Waals surface area (Å²) in [5.74, 6) is 3.65. The molecule has 0 unspecified atom stereocenters. The highest BCUT2D eigenvalue weighted by Gasteiger charge is 2.28. The summed E-state index contributed by atoms with van der Waals surface area (Å²) < 4.78 is 21.7. The fourth-order valence-corrected chi connectivity index (χ4v) is 4.84. The van der Waals surface area contributed by atoms with Gasteiger partial charge in [0.2, 0.25) is 5.91 Å². The van der Waals surface area contributed by atoms with Crippen molar-refractivity contribution in [2.45, 2.75) is 31.6 Å². The van der Waals surface area contributed by atoms with Crippen LogP contribution in [0.4, 0.5) is 0 Å². The molecule has 1 N–H and O–H groups in total. The van der Waals surface area contributed by atoms with Crippen LogP contribution in [0.1, 0.15) is 34.6 Å². The van der Waals surface area contributed by atoms with Crippen molar-refractivity contribution in [3.05, 3.63) is 46.5 Å². The number of nitrogens with one attached hydrogen (secondary N) is 1. The summed E-state index contributed by atoms with van der Waals surface area (Å²) in [5.41, 5.74) is 4.88. The Morgan fingerprint density at radius 1 is 0.879 bits per heavy atom. The van der Waals surface area contributed by atoms with Crippen LogP contribution < -0.4 is 24.3 Å². The lowest BCUT2D eigenvalue weighted by atomic mass is 9.77. The van der Waals surface area contributed by atoms with E-state index in [-0.39, 0.29) is 5.91 Å². The predicted molar refractivity (Wildman–Crippen MR) is 127 cm³/mol. The number of nitrogens with zero attached hydrogens (tertiary/aromatic N) is 1. The van der Waals surface area contributed by atoms with Crippen molar-refractivity contribution in [2.75, 3.05) is 54.6 Å². The van der Waals surface area contributed by atoms with Gasteiger partial charge in [0.15, 0.2) is 23.0 Å². The Labute approximate surface area is 196 Å². The highest BCUT2D eigenvalue weighted by Crippen LogP contribution is 2.42. The fraction of sp³-hybridized carbons (Fsp3) is 0.500. The van der Waals surface area contributed by atoms with E-state index < -0.39 is 0 Å². The molecule has 0 spiro atoms. The standard InChI is InChI=1S/C26H34N2O5/c1-30-22-11-17-6-9-28(26(29)14-18(17)12-23(22)31-2)8-5-7-27-16-20-10-19-13-24(32-3)25(33-4)15-21(19)20/h11-13,15,20,27H,5-10,14,16H2,1-4H3/t20-/m0/s1. The van der Waals surface area contributed by atoms with E-state index in [2.05, 4.69) is 17.4 Å². The molecule has 2 aromatic carbocycles. The van der Waals surface area contributed by atoms with Gasteiger partial charge in [0.1, 0.15) is 0 Å². The van der Waals surface area contributed by atoms with Gasteiger partial charge >= 0.3 is 0 Å². The molecule has 0 saturated carbocycles. The number of hydrogen-bond acceptors (Lipinski definition) is 6. The second-order valence-electron chi connectivity index (χ2n) is 8.65. The van der Waals surface area contributed by atoms with Crippen molar-refractivity contribution in [2.24, 2.45) is 0 Å². The third kappa shape index (κ3) is 4.88. The second-order valence-corrected chi connectivity index (χ2v) is 8.65. The minimum absolute atomic E-state index is 0.176. The molecule has 0 saturated heterocycles. The van der Waals surface area contributed by atoms with Gasteiger partial charge in [-0.3, -0.25) is 4.79 Å². The van der Waals surface area contributed by atoms with Gasteiger partial charge < -0.3 is 29.2 Å². The Balaban J connectivity index is 1.24. The van der Waals surface area contributed by atoms with Crippen LogP contribution in [-0.4, -0.2) is 65.4 Å². The van der Waals surface area contributed by atoms with Gasteiger partial charge in [0.05, 0.1) is 34.9 Å². The van der Waals surface area contributed by atoms with Gasteiger partial charge in [0.25, 0.3) is 0 Å². The molecule has 1 aliphatic heterocycles. The molecular weight excluding hydrogens is 420 g/mol. The monoisotopic (exact) mass is 454 g/mol. The molecule has 1 atom stereocenters. The molecule has 2 aromatic rings. The lowest BCUT2D eigenvalue weighted by Crippen LogP contribution is -2.35. The van der Waals surface area contributed by atoms with Crippen molar-refractivity contribution >= 4 is 5.91 Å². The summed E-state index contributed by atoms with van der Waals surface area (Å²) in [6, 6.07) is 8.13. The van der Waals surface area contributed by atoms with Gasteiger partial charge in [-0.25, -0.2) is 0 Å². The van der Waals surface area contributed by atoms with Gasteiger partial charge in [-0.2, -0.15) is 0 Å². The van der Waals surface area contributed by atoms with Gasteiger partial charge in [-0.05, 0) is 72.3 Å². The van der Waals surface area contributed by atoms with Crippen molar-refractivity contribution in [3.63, 3.8) is 0 Å². The first-order chi connectivity index (χ1) is 16.1. The van der Waals surface area contributed by atoms with Gasteiger partial charge in [0, 0.05) is 25.6 Å². The van der Waals surface area contributed by atoms with Crippen LogP contribution in [-0.2, 0) is 24.1 Å². The fourth-order valence-electron chi connectivity index (χ4n) is 4.84. The molecule has 1 amide bonds. The maximum atomic E-state index is 12.8. The molecule has 1 aliphatic carbocycles. The number of fused-ring (bicyclic) bond motifs is 2. The van der Waals surface area contributed by atoms with Crippen LogP contribution in [0.2, 0.25) is 0 Å². The number of methoxy groups -OCH3 is 4. The lowest BCUT2D eigenvalue weighted by Gasteiger charge is -2.31. The summed E-state index contributed by atoms with van der Waals surface area (Å²) in [5, 5.41) is 3.57. The molecule has 33 heavy (non-hydrogen) atoms. The Hall–Kier alpha value is -2.93. The van der Waals surface area contributed by atoms with Crippen LogP contribution in [0.5, 0.6) is 23.0 Å². The SMILES string of the molecule is COc1cc2c(cc1OC)CC(=O)N(CCCNC[C@@H]1Cc3cc(OC)c(OC)cc31)CC2. The van der Waals surface area contributed by atoms with Crippen molar-refractivity contribution in [1.82, 2.24) is 10.2 Å². The largest absolute Gasteiger partial charge is 0.493 e. The predicted octanol–water partition coefficient (Wildman–Crippen LogP) is 2.97. The smallest absolute Gasteiger partial charge is 0.227 e. The average Bonchev–Trinajstić information content (AvgIpc) is 2.97. The first kappa shape index (κ1) is 23.2. The molecular formula is C26H34N2O5. The van der Waals surface area contributed by atoms with E-state index in [1.165, 1.54) is 11.1 Å². The third-order valence-corrected chi connectivity index (χ3v) is 6.78. The summed E-state index contributed by atoms with van der Waals surface area (Å²) in [7, 11) is 6.60. The highest BCUT2D eigenvalue weighted by molar-refractivity contribution is 5.80. The minimum atomic E-state index is 0.176. The Bertz CT molecular complexity index is 1010. The zero-order valence-electron chi connectivity index (χ0n) is 20.0. The van der Waals surface area contributed by atoms with Crippen LogP contribution in [0, 0.1) is 0 Å². The Kier molecular flexibility index (Phi) is 7.28. The number of ether oxygens (including phenoxy) is 4. The van der Waals surface area contributed by atoms with E-state index in [1.54, 1.807) is 28.4 Å². The van der Waals surface area contributed by atoms with Crippen LogP contribution in [0.3, 0.4) is 0 Å². The summed E-state index contributed by atoms with van der Waals surface area (Å²) >= 11 is 0. The third-order valence-electron chi connectivity index (χ3n) is 6.78. The zero-order chi connectivity index (χ0) is 23.4. The zero-order valence-corrected chi connectivity index (χ0v) is 20.0. The normalized spacial score (nSPS) is 16.9. The number of carbonyl (C=O) groups excluding carboxylic acids is 1. The van der Waals surface area contributed by atoms with Crippen LogP contribution >= 0.6 is 0 Å². The molecule has 0 aromatic heterocycles. The maximum Gasteiger partial charge on any atom is 0.227 e. The molecule has 4 rings (SSSR count). The summed E-state index contributed by atoms with van der Waals surface area (Å²) in [6.07, 6.45) is 3.23. The van der Waals surface area contributed by atoms with E-state index in [0.717, 1.165) is 73.8 Å². The van der Waals surface area contributed by atoms with Crippen LogP contribution in [0.25, 0.3) is 0 Å². The summed E-state index contributed by atoms with van der Waals surface area (Å²) in [6.45, 7) is 3.32. The first-order valence-corrected chi connectivity index (χ1v) is 11.5. The average molecular weight is 455 g/mol. The molecule has 1 heterocycles. The van der Waals surface area contributed by atoms with Gasteiger partial charge in [-0.15, -0.1) is 0 Å². The van der Waals surface area contributed by atoms with Crippen molar-refractivity contribution in [1.29, 1.82) is 0 Å². The van der Waals surface area contributed by atoms with E-state index in [0.29, 0.717) is 18.1 Å². The maximum absolute atomic E-state index is 12.8. The Morgan fingerprint density at radius 3 is 2.15 bits per heavy atom. The topological polar surface area (TPSA) is 69.3 Å². The Morgan fingerprint density at radius 2 is 1.48 bits per heavy atom. The number of rotatable bonds is 10. The van der Waals surface area contributed by atoms with E-state index >= 15 is 0 Å². The quantitative estimate of drug-likeness (QED) is 0.557. The number of hydrogen-bond donors (Lipinski definition) is 1. The van der Waals surface area contributed by atoms with Gasteiger partial charge in [-0.1, -0.05) is 0 Å². The molecule has 7 heteroatoms. The second kappa shape index (κ2) is 10.3. The molecule has 2 aliphatic rings. The van der Waals surface area contributed by atoms with E-state index in [4.69, 9.17) is 18.9 Å². The minimum Gasteiger partial charge on any atom is -0.493 e. The van der Waals surface area contributed by atoms with Crippen molar-refractivity contribution in [3.8, 4) is 23.0 Å². The molecule has 178 valence electrons. The van der Waals surface area contributed by atoms with Crippen LogP contribution in [0.15, 0.2) is 24.3 Å². The molecule has 7 nitrogen and oxygen atoms in total. The van der Waals surface area contributed by atoms with Crippen molar-refractivity contribution < 1.29 is 23.7 Å². The molecule has 0 fully saturated rings. The highest BCUT2D eigenvalue weighted by atomic mass is 16.5. The number of benzene rings is 2. The lowest BCUT2D eigenvalue weighted by molar-refractivity contribution is -0.130. The molecule has 0 bridgehead atoms. The van der Waals surface area contributed by atoms with E-state index in [9.17, 15) is 4.79 Å². The number of carbonyl (C=O) groups is 1. The first-order valence-electron chi connectivity index (χ1n) is 11.5.